The highest BCUT2D eigenvalue weighted by atomic mass is 16.5. The second-order valence-electron chi connectivity index (χ2n) is 5.32. The molecule has 6 heteroatoms. The maximum absolute atomic E-state index is 5.71. The van der Waals surface area contributed by atoms with Crippen molar-refractivity contribution in [1.29, 1.82) is 0 Å². The molecule has 0 radical (unpaired) electrons. The second-order valence-corrected chi connectivity index (χ2v) is 5.32. The number of nitrogens with one attached hydrogen (secondary N) is 2. The van der Waals surface area contributed by atoms with Crippen molar-refractivity contribution in [3.8, 4) is 11.5 Å². The van der Waals surface area contributed by atoms with Gasteiger partial charge in [0, 0.05) is 19.3 Å². The SMILES string of the molecule is CCNC(=NCc1ccccn1)NCCCOc1ccc(OC)cc1. The van der Waals surface area contributed by atoms with Gasteiger partial charge in [-0.2, -0.15) is 0 Å². The molecular weight excluding hydrogens is 316 g/mol. The Morgan fingerprint density at radius 2 is 1.88 bits per heavy atom. The number of nitrogens with zero attached hydrogens (tertiary/aromatic N) is 2. The van der Waals surface area contributed by atoms with Crippen LogP contribution in [-0.2, 0) is 6.54 Å². The number of hydrogen-bond acceptors (Lipinski definition) is 4. The number of aromatic nitrogens is 1. The van der Waals surface area contributed by atoms with E-state index in [9.17, 15) is 0 Å². The van der Waals surface area contributed by atoms with E-state index in [0.29, 0.717) is 13.2 Å². The molecule has 6 nitrogen and oxygen atoms in total. The van der Waals surface area contributed by atoms with Crippen LogP contribution in [0.2, 0.25) is 0 Å². The zero-order valence-electron chi connectivity index (χ0n) is 14.9. The van der Waals surface area contributed by atoms with Crippen molar-refractivity contribution in [2.75, 3.05) is 26.8 Å². The zero-order chi connectivity index (χ0) is 17.7. The van der Waals surface area contributed by atoms with E-state index in [-0.39, 0.29) is 0 Å². The summed E-state index contributed by atoms with van der Waals surface area (Å²) in [7, 11) is 1.65. The average Bonchev–Trinajstić information content (AvgIpc) is 2.67. The molecule has 0 atom stereocenters. The van der Waals surface area contributed by atoms with Crippen molar-refractivity contribution >= 4 is 5.96 Å². The number of rotatable bonds is 9. The van der Waals surface area contributed by atoms with Crippen molar-refractivity contribution in [2.45, 2.75) is 19.9 Å². The van der Waals surface area contributed by atoms with E-state index in [1.54, 1.807) is 13.3 Å². The van der Waals surface area contributed by atoms with Gasteiger partial charge in [0.2, 0.25) is 0 Å². The van der Waals surface area contributed by atoms with Crippen LogP contribution in [0, 0.1) is 0 Å². The lowest BCUT2D eigenvalue weighted by Gasteiger charge is -2.12. The predicted molar refractivity (Wildman–Crippen MR) is 100 cm³/mol. The number of pyridine rings is 1. The highest BCUT2D eigenvalue weighted by Gasteiger charge is 1.99. The summed E-state index contributed by atoms with van der Waals surface area (Å²) >= 11 is 0. The van der Waals surface area contributed by atoms with Crippen LogP contribution in [0.5, 0.6) is 11.5 Å². The Kier molecular flexibility index (Phi) is 8.11. The molecule has 0 aliphatic rings. The Hall–Kier alpha value is -2.76. The van der Waals surface area contributed by atoms with Gasteiger partial charge in [0.15, 0.2) is 5.96 Å². The smallest absolute Gasteiger partial charge is 0.191 e. The largest absolute Gasteiger partial charge is 0.497 e. The van der Waals surface area contributed by atoms with Crippen molar-refractivity contribution in [3.63, 3.8) is 0 Å². The number of benzene rings is 1. The minimum atomic E-state index is 0.554. The molecule has 1 aromatic heterocycles. The Morgan fingerprint density at radius 3 is 2.56 bits per heavy atom. The fourth-order valence-corrected chi connectivity index (χ4v) is 2.13. The summed E-state index contributed by atoms with van der Waals surface area (Å²) in [6.45, 7) is 4.84. The van der Waals surface area contributed by atoms with Crippen LogP contribution in [0.25, 0.3) is 0 Å². The molecule has 0 aliphatic heterocycles. The van der Waals surface area contributed by atoms with Gasteiger partial charge in [0.1, 0.15) is 11.5 Å². The van der Waals surface area contributed by atoms with E-state index < -0.39 is 0 Å². The molecule has 0 aliphatic carbocycles. The lowest BCUT2D eigenvalue weighted by atomic mass is 10.3. The standard InChI is InChI=1S/C19H26N4O2/c1-3-20-19(23-15-16-7-4-5-12-21-16)22-13-6-14-25-18-10-8-17(24-2)9-11-18/h4-5,7-12H,3,6,13-15H2,1-2H3,(H2,20,22,23). The molecule has 1 heterocycles. The first-order valence-corrected chi connectivity index (χ1v) is 8.50. The quantitative estimate of drug-likeness (QED) is 0.416. The third kappa shape index (κ3) is 7.12. The lowest BCUT2D eigenvalue weighted by molar-refractivity contribution is 0.310. The number of aliphatic imine (C=N–C) groups is 1. The molecule has 2 N–H and O–H groups in total. The van der Waals surface area contributed by atoms with Crippen molar-refractivity contribution in [3.05, 3.63) is 54.4 Å². The van der Waals surface area contributed by atoms with E-state index >= 15 is 0 Å². The zero-order valence-corrected chi connectivity index (χ0v) is 14.9. The molecule has 134 valence electrons. The minimum Gasteiger partial charge on any atom is -0.497 e. The van der Waals surface area contributed by atoms with Crippen LogP contribution < -0.4 is 20.1 Å². The van der Waals surface area contributed by atoms with E-state index in [1.165, 1.54) is 0 Å². The fraction of sp³-hybridized carbons (Fsp3) is 0.368. The molecular formula is C19H26N4O2. The molecule has 0 saturated heterocycles. The van der Waals surface area contributed by atoms with Gasteiger partial charge in [-0.1, -0.05) is 6.07 Å². The van der Waals surface area contributed by atoms with Crippen LogP contribution in [0.15, 0.2) is 53.7 Å². The van der Waals surface area contributed by atoms with Gasteiger partial charge in [-0.3, -0.25) is 4.98 Å². The minimum absolute atomic E-state index is 0.554. The Morgan fingerprint density at radius 1 is 1.08 bits per heavy atom. The Labute approximate surface area is 149 Å². The van der Waals surface area contributed by atoms with Crippen LogP contribution in [-0.4, -0.2) is 37.7 Å². The van der Waals surface area contributed by atoms with Crippen molar-refractivity contribution in [1.82, 2.24) is 15.6 Å². The van der Waals surface area contributed by atoms with Gasteiger partial charge in [-0.15, -0.1) is 0 Å². The second kappa shape index (κ2) is 10.9. The average molecular weight is 342 g/mol. The summed E-state index contributed by atoms with van der Waals surface area (Å²) in [4.78, 5) is 8.81. The monoisotopic (exact) mass is 342 g/mol. The first-order chi connectivity index (χ1) is 12.3. The number of hydrogen-bond donors (Lipinski definition) is 2. The van der Waals surface area contributed by atoms with Gasteiger partial charge >= 0.3 is 0 Å². The Bertz CT molecular complexity index is 630. The van der Waals surface area contributed by atoms with Crippen LogP contribution in [0.4, 0.5) is 0 Å². The summed E-state index contributed by atoms with van der Waals surface area (Å²) < 4.78 is 10.8. The Balaban J connectivity index is 1.69. The molecule has 2 aromatic rings. The van der Waals surface area contributed by atoms with E-state index in [0.717, 1.165) is 42.7 Å². The molecule has 0 bridgehead atoms. The lowest BCUT2D eigenvalue weighted by Crippen LogP contribution is -2.38. The van der Waals surface area contributed by atoms with Gasteiger partial charge < -0.3 is 20.1 Å². The molecule has 0 fully saturated rings. The highest BCUT2D eigenvalue weighted by molar-refractivity contribution is 5.79. The number of ether oxygens (including phenoxy) is 2. The third-order valence-corrected chi connectivity index (χ3v) is 3.41. The summed E-state index contributed by atoms with van der Waals surface area (Å²) in [5.41, 5.74) is 0.947. The van der Waals surface area contributed by atoms with E-state index in [1.807, 2.05) is 49.4 Å². The van der Waals surface area contributed by atoms with E-state index in [2.05, 4.69) is 20.6 Å². The third-order valence-electron chi connectivity index (χ3n) is 3.41. The topological polar surface area (TPSA) is 67.8 Å². The summed E-state index contributed by atoms with van der Waals surface area (Å²) in [6, 6.07) is 13.4. The summed E-state index contributed by atoms with van der Waals surface area (Å²) in [6.07, 6.45) is 2.65. The maximum atomic E-state index is 5.71. The van der Waals surface area contributed by atoms with Gasteiger partial charge in [-0.25, -0.2) is 4.99 Å². The van der Waals surface area contributed by atoms with Crippen LogP contribution in [0.3, 0.4) is 0 Å². The molecule has 2 rings (SSSR count). The fourth-order valence-electron chi connectivity index (χ4n) is 2.13. The van der Waals surface area contributed by atoms with Gasteiger partial charge in [-0.05, 0) is 49.7 Å². The number of methoxy groups -OCH3 is 1. The number of guanidine groups is 1. The van der Waals surface area contributed by atoms with Gasteiger partial charge in [0.25, 0.3) is 0 Å². The highest BCUT2D eigenvalue weighted by Crippen LogP contribution is 2.16. The molecule has 0 spiro atoms. The molecule has 0 saturated carbocycles. The molecule has 0 unspecified atom stereocenters. The van der Waals surface area contributed by atoms with Crippen LogP contribution >= 0.6 is 0 Å². The summed E-state index contributed by atoms with van der Waals surface area (Å²) in [5, 5.41) is 6.54. The predicted octanol–water partition coefficient (Wildman–Crippen LogP) is 2.61. The molecule has 1 aromatic carbocycles. The normalized spacial score (nSPS) is 11.0. The van der Waals surface area contributed by atoms with Gasteiger partial charge in [0.05, 0.1) is 26.0 Å². The maximum Gasteiger partial charge on any atom is 0.191 e. The summed E-state index contributed by atoms with van der Waals surface area (Å²) in [5.74, 6) is 2.46. The first-order valence-electron chi connectivity index (χ1n) is 8.50. The van der Waals surface area contributed by atoms with Crippen molar-refractivity contribution in [2.24, 2.45) is 4.99 Å². The van der Waals surface area contributed by atoms with E-state index in [4.69, 9.17) is 9.47 Å². The first kappa shape index (κ1) is 18.6. The van der Waals surface area contributed by atoms with Crippen molar-refractivity contribution < 1.29 is 9.47 Å². The molecule has 25 heavy (non-hydrogen) atoms. The van der Waals surface area contributed by atoms with Crippen LogP contribution in [0.1, 0.15) is 19.0 Å². The molecule has 0 amide bonds.